The number of unbranched alkanes of at least 4 members (excludes halogenated alkanes) is 1. The number of nitrogens with zero attached hydrogens (tertiary/aromatic N) is 2. The molecule has 47 heavy (non-hydrogen) atoms. The Morgan fingerprint density at radius 3 is 2.34 bits per heavy atom. The normalized spacial score (nSPS) is 14.1. The van der Waals surface area contributed by atoms with Gasteiger partial charge in [-0.3, -0.25) is 0 Å². The van der Waals surface area contributed by atoms with Crippen LogP contribution in [0.1, 0.15) is 76.5 Å². The van der Waals surface area contributed by atoms with Crippen LogP contribution >= 0.6 is 0 Å². The van der Waals surface area contributed by atoms with E-state index >= 15 is 0 Å². The van der Waals surface area contributed by atoms with Gasteiger partial charge in [0.15, 0.2) is 0 Å². The second-order valence-corrected chi connectivity index (χ2v) is 12.0. The largest absolute Gasteiger partial charge is 0.349 e. The van der Waals surface area contributed by atoms with Crippen molar-refractivity contribution in [2.45, 2.75) is 73.6 Å². The van der Waals surface area contributed by atoms with E-state index in [1.54, 1.807) is 0 Å². The quantitative estimate of drug-likeness (QED) is 0.128. The predicted molar refractivity (Wildman–Crippen MR) is 211 cm³/mol. The lowest BCUT2D eigenvalue weighted by atomic mass is 10.0. The Balaban J connectivity index is 1.71. The summed E-state index contributed by atoms with van der Waals surface area (Å²) in [6.07, 6.45) is 33.9. The third kappa shape index (κ3) is 11.3. The first-order valence-corrected chi connectivity index (χ1v) is 17.3. The number of hydrogen-bond acceptors (Lipinski definition) is 2. The first-order valence-electron chi connectivity index (χ1n) is 17.3. The van der Waals surface area contributed by atoms with Gasteiger partial charge in [0.05, 0.1) is 0 Å². The Hall–Kier alpha value is -4.56. The fraction of sp³-hybridized carbons (Fsp3) is 0.289. The van der Waals surface area contributed by atoms with Crippen LogP contribution < -0.4 is 9.80 Å². The molecule has 0 unspecified atom stereocenters. The zero-order valence-electron chi connectivity index (χ0n) is 29.8. The number of rotatable bonds is 17. The van der Waals surface area contributed by atoms with E-state index in [1.165, 1.54) is 57.8 Å². The van der Waals surface area contributed by atoms with Gasteiger partial charge < -0.3 is 9.80 Å². The van der Waals surface area contributed by atoms with E-state index < -0.39 is 0 Å². The van der Waals surface area contributed by atoms with Crippen molar-refractivity contribution in [3.05, 3.63) is 174 Å². The van der Waals surface area contributed by atoms with Crippen LogP contribution in [-0.2, 0) is 0 Å². The lowest BCUT2D eigenvalue weighted by Gasteiger charge is -2.26. The molecule has 2 aromatic rings. The van der Waals surface area contributed by atoms with E-state index in [2.05, 4.69) is 180 Å². The molecule has 0 aromatic heterocycles. The van der Waals surface area contributed by atoms with E-state index in [0.29, 0.717) is 0 Å². The standard InChI is InChI=1S/C45H56N2/c1-9-14-19-39(11-3)20-16-17-33-46(13-5)43-30-26-41(27-31-43)37(7)23-25-40(12-4)42-21-18-22-44(32-28-42)47(34-15-10-2)45-29-24-36(6)38(8)35-45/h10-12,15,17-18,20-21,23-33,35H,3,7,9,13-14,16,19,22,34H2,1-2,4-6,8H3/b15-10-,25-23-,33-17+,39-20+,40-12+. The summed E-state index contributed by atoms with van der Waals surface area (Å²) in [6.45, 7) is 23.1. The van der Waals surface area contributed by atoms with Crippen molar-refractivity contribution in [2.24, 2.45) is 0 Å². The molecule has 3 rings (SSSR count). The van der Waals surface area contributed by atoms with Gasteiger partial charge in [-0.05, 0) is 118 Å². The molecular formula is C45H56N2. The summed E-state index contributed by atoms with van der Waals surface area (Å²) in [7, 11) is 0. The Morgan fingerprint density at radius 2 is 1.68 bits per heavy atom. The zero-order chi connectivity index (χ0) is 34.0. The maximum absolute atomic E-state index is 4.39. The molecule has 0 fully saturated rings. The van der Waals surface area contributed by atoms with Gasteiger partial charge in [0.2, 0.25) is 0 Å². The molecule has 2 heteroatoms. The highest BCUT2D eigenvalue weighted by Crippen LogP contribution is 2.28. The molecule has 2 aromatic carbocycles. The summed E-state index contributed by atoms with van der Waals surface area (Å²) in [4.78, 5) is 4.69. The average Bonchev–Trinajstić information content (AvgIpc) is 3.34. The maximum Gasteiger partial charge on any atom is 0.0414 e. The predicted octanol–water partition coefficient (Wildman–Crippen LogP) is 12.7. The van der Waals surface area contributed by atoms with E-state index in [4.69, 9.17) is 0 Å². The summed E-state index contributed by atoms with van der Waals surface area (Å²) < 4.78 is 0. The maximum atomic E-state index is 4.39. The van der Waals surface area contributed by atoms with Gasteiger partial charge in [-0.1, -0.05) is 117 Å². The second kappa shape index (κ2) is 19.8. The molecule has 0 radical (unpaired) electrons. The SMILES string of the molecule is C=C/C(=C\C/C=C/N(CC)c1ccc(C(=C)/C=C\C(=C/C)C2=CC=C(N(C/C=C\C)c3ccc(C)c(C)c3)CC=C2)cc1)CCCC. The van der Waals surface area contributed by atoms with E-state index in [-0.39, 0.29) is 0 Å². The Labute approximate surface area is 286 Å². The van der Waals surface area contributed by atoms with Crippen molar-refractivity contribution < 1.29 is 0 Å². The minimum absolute atomic E-state index is 0.843. The van der Waals surface area contributed by atoms with Crippen LogP contribution in [0.3, 0.4) is 0 Å². The summed E-state index contributed by atoms with van der Waals surface area (Å²) in [5.41, 5.74) is 12.1. The summed E-state index contributed by atoms with van der Waals surface area (Å²) in [5.74, 6) is 0. The van der Waals surface area contributed by atoms with Crippen LogP contribution in [0.2, 0.25) is 0 Å². The van der Waals surface area contributed by atoms with Crippen LogP contribution in [0.5, 0.6) is 0 Å². The summed E-state index contributed by atoms with van der Waals surface area (Å²) >= 11 is 0. The molecule has 0 spiro atoms. The van der Waals surface area contributed by atoms with Gasteiger partial charge in [0, 0.05) is 42.8 Å². The molecule has 2 nitrogen and oxygen atoms in total. The molecule has 0 saturated carbocycles. The van der Waals surface area contributed by atoms with Gasteiger partial charge in [-0.25, -0.2) is 0 Å². The first-order chi connectivity index (χ1) is 22.8. The summed E-state index contributed by atoms with van der Waals surface area (Å²) in [5, 5.41) is 0. The minimum Gasteiger partial charge on any atom is -0.349 e. The van der Waals surface area contributed by atoms with Crippen LogP contribution in [0, 0.1) is 13.8 Å². The van der Waals surface area contributed by atoms with Crippen molar-refractivity contribution >= 4 is 16.9 Å². The molecule has 0 amide bonds. The van der Waals surface area contributed by atoms with Gasteiger partial charge in [-0.15, -0.1) is 0 Å². The third-order valence-corrected chi connectivity index (χ3v) is 8.65. The van der Waals surface area contributed by atoms with E-state index in [0.717, 1.165) is 43.5 Å². The monoisotopic (exact) mass is 624 g/mol. The van der Waals surface area contributed by atoms with Crippen molar-refractivity contribution in [1.29, 1.82) is 0 Å². The number of anilines is 2. The van der Waals surface area contributed by atoms with Gasteiger partial charge in [0.1, 0.15) is 0 Å². The van der Waals surface area contributed by atoms with Gasteiger partial charge in [0.25, 0.3) is 0 Å². The minimum atomic E-state index is 0.843. The summed E-state index contributed by atoms with van der Waals surface area (Å²) in [6, 6.07) is 15.4. The van der Waals surface area contributed by atoms with Crippen molar-refractivity contribution in [1.82, 2.24) is 0 Å². The van der Waals surface area contributed by atoms with E-state index in [1.807, 2.05) is 6.08 Å². The van der Waals surface area contributed by atoms with Gasteiger partial charge >= 0.3 is 0 Å². The molecule has 0 saturated heterocycles. The molecule has 0 N–H and O–H groups in total. The molecule has 0 bridgehead atoms. The molecule has 246 valence electrons. The molecule has 0 atom stereocenters. The first kappa shape index (κ1) is 36.9. The highest BCUT2D eigenvalue weighted by molar-refractivity contribution is 5.74. The lowest BCUT2D eigenvalue weighted by molar-refractivity contribution is 0.796. The van der Waals surface area contributed by atoms with Crippen molar-refractivity contribution in [2.75, 3.05) is 22.9 Å². The highest BCUT2D eigenvalue weighted by atomic mass is 15.1. The van der Waals surface area contributed by atoms with Crippen LogP contribution in [0.4, 0.5) is 11.4 Å². The number of allylic oxidation sites excluding steroid dienone is 15. The smallest absolute Gasteiger partial charge is 0.0414 e. The molecule has 0 aliphatic heterocycles. The average molecular weight is 625 g/mol. The van der Waals surface area contributed by atoms with Crippen molar-refractivity contribution in [3.63, 3.8) is 0 Å². The number of aryl methyl sites for hydroxylation is 2. The Bertz CT molecular complexity index is 1580. The zero-order valence-corrected chi connectivity index (χ0v) is 29.8. The van der Waals surface area contributed by atoms with Crippen LogP contribution in [-0.4, -0.2) is 13.1 Å². The fourth-order valence-electron chi connectivity index (χ4n) is 5.46. The van der Waals surface area contributed by atoms with Crippen molar-refractivity contribution in [3.8, 4) is 0 Å². The third-order valence-electron chi connectivity index (χ3n) is 8.65. The molecule has 1 aliphatic rings. The Morgan fingerprint density at radius 1 is 0.915 bits per heavy atom. The Kier molecular flexibility index (Phi) is 15.6. The highest BCUT2D eigenvalue weighted by Gasteiger charge is 2.13. The number of hydrogen-bond donors (Lipinski definition) is 0. The van der Waals surface area contributed by atoms with Crippen LogP contribution in [0.25, 0.3) is 5.57 Å². The van der Waals surface area contributed by atoms with Crippen LogP contribution in [0.15, 0.2) is 157 Å². The second-order valence-electron chi connectivity index (χ2n) is 12.0. The van der Waals surface area contributed by atoms with Gasteiger partial charge in [-0.2, -0.15) is 0 Å². The fourth-order valence-corrected chi connectivity index (χ4v) is 5.46. The molecule has 1 aliphatic carbocycles. The van der Waals surface area contributed by atoms with E-state index in [9.17, 15) is 0 Å². The number of benzene rings is 2. The molecular weight excluding hydrogens is 569 g/mol. The molecule has 0 heterocycles. The lowest BCUT2D eigenvalue weighted by Crippen LogP contribution is -2.22. The topological polar surface area (TPSA) is 6.48 Å².